The fourth-order valence-corrected chi connectivity index (χ4v) is 6.85. The van der Waals surface area contributed by atoms with Gasteiger partial charge in [0.15, 0.2) is 5.13 Å². The van der Waals surface area contributed by atoms with Gasteiger partial charge >= 0.3 is 0 Å². The molecule has 0 unspecified atom stereocenters. The first kappa shape index (κ1) is 26.3. The lowest BCUT2D eigenvalue weighted by molar-refractivity contribution is 0.0983. The molecule has 0 fully saturated rings. The van der Waals surface area contributed by atoms with Crippen molar-refractivity contribution in [3.63, 3.8) is 0 Å². The summed E-state index contributed by atoms with van der Waals surface area (Å²) in [6.45, 7) is 6.92. The second-order valence-electron chi connectivity index (χ2n) is 8.44. The highest BCUT2D eigenvalue weighted by Crippen LogP contribution is 2.36. The van der Waals surface area contributed by atoms with Gasteiger partial charge in [0.25, 0.3) is 5.91 Å². The van der Waals surface area contributed by atoms with Crippen LogP contribution < -0.4 is 4.90 Å². The molecule has 4 aromatic rings. The van der Waals surface area contributed by atoms with Gasteiger partial charge in [0.2, 0.25) is 10.0 Å². The summed E-state index contributed by atoms with van der Waals surface area (Å²) in [6.07, 6.45) is 3.00. The molecule has 0 bridgehead atoms. The van der Waals surface area contributed by atoms with E-state index in [1.165, 1.54) is 32.7 Å². The quantitative estimate of drug-likeness (QED) is 0.227. The number of hydrogen-bond donors (Lipinski definition) is 0. The maximum atomic E-state index is 13.7. The van der Waals surface area contributed by atoms with Gasteiger partial charge in [-0.25, -0.2) is 13.4 Å². The van der Waals surface area contributed by atoms with Crippen molar-refractivity contribution < 1.29 is 17.6 Å². The molecule has 0 saturated carbocycles. The predicted octanol–water partition coefficient (Wildman–Crippen LogP) is 6.51. The number of fused-ring (bicyclic) bond motifs is 1. The van der Waals surface area contributed by atoms with Crippen molar-refractivity contribution in [2.24, 2.45) is 0 Å². The number of aromatic nitrogens is 1. The highest BCUT2D eigenvalue weighted by Gasteiger charge is 2.26. The van der Waals surface area contributed by atoms with Crippen LogP contribution in [-0.2, 0) is 16.6 Å². The molecule has 0 aliphatic carbocycles. The minimum atomic E-state index is -3.64. The number of halogens is 1. The lowest BCUT2D eigenvalue weighted by Gasteiger charge is -2.21. The van der Waals surface area contributed by atoms with Gasteiger partial charge in [-0.1, -0.05) is 42.9 Å². The van der Waals surface area contributed by atoms with Crippen LogP contribution in [-0.4, -0.2) is 36.7 Å². The Hall–Kier alpha value is -2.72. The first-order chi connectivity index (χ1) is 17.3. The Morgan fingerprint density at radius 2 is 1.75 bits per heavy atom. The van der Waals surface area contributed by atoms with E-state index in [2.05, 4.69) is 0 Å². The molecule has 0 aliphatic rings. The van der Waals surface area contributed by atoms with E-state index in [0.717, 1.165) is 28.6 Å². The number of amides is 1. The van der Waals surface area contributed by atoms with Crippen LogP contribution in [0.25, 0.3) is 10.2 Å². The number of thiazole rings is 1. The van der Waals surface area contributed by atoms with Gasteiger partial charge in [-0.15, -0.1) is 0 Å². The van der Waals surface area contributed by atoms with Crippen LogP contribution in [0.5, 0.6) is 0 Å². The predicted molar refractivity (Wildman–Crippen MR) is 144 cm³/mol. The molecule has 7 nitrogen and oxygen atoms in total. The van der Waals surface area contributed by atoms with Crippen molar-refractivity contribution in [2.45, 2.75) is 45.1 Å². The van der Waals surface area contributed by atoms with Gasteiger partial charge in [-0.05, 0) is 67.8 Å². The number of sulfonamides is 1. The van der Waals surface area contributed by atoms with E-state index in [4.69, 9.17) is 21.0 Å². The third-order valence-corrected chi connectivity index (χ3v) is 9.19. The van der Waals surface area contributed by atoms with Crippen LogP contribution in [0.1, 0.15) is 48.4 Å². The highest BCUT2D eigenvalue weighted by molar-refractivity contribution is 7.89. The molecule has 2 aromatic carbocycles. The van der Waals surface area contributed by atoms with E-state index < -0.39 is 10.0 Å². The Labute approximate surface area is 220 Å². The van der Waals surface area contributed by atoms with Gasteiger partial charge in [0, 0.05) is 18.7 Å². The second kappa shape index (κ2) is 11.1. The molecule has 0 N–H and O–H groups in total. The first-order valence-corrected chi connectivity index (χ1v) is 14.4. The van der Waals surface area contributed by atoms with E-state index in [1.54, 1.807) is 30.5 Å². The number of carbonyl (C=O) groups excluding carboxylic acids is 1. The molecule has 0 spiro atoms. The Kier molecular flexibility index (Phi) is 8.14. The summed E-state index contributed by atoms with van der Waals surface area (Å²) in [5.74, 6) is 0.279. The maximum absolute atomic E-state index is 13.7. The minimum Gasteiger partial charge on any atom is -0.467 e. The first-order valence-electron chi connectivity index (χ1n) is 11.8. The monoisotopic (exact) mass is 545 g/mol. The number of rotatable bonds is 10. The van der Waals surface area contributed by atoms with Gasteiger partial charge in [-0.2, -0.15) is 4.31 Å². The van der Waals surface area contributed by atoms with Crippen LogP contribution in [0.3, 0.4) is 0 Å². The van der Waals surface area contributed by atoms with Gasteiger partial charge in [0.05, 0.1) is 32.9 Å². The lowest BCUT2D eigenvalue weighted by Crippen LogP contribution is -2.33. The van der Waals surface area contributed by atoms with E-state index in [0.29, 0.717) is 34.6 Å². The molecule has 0 atom stereocenters. The van der Waals surface area contributed by atoms with Crippen LogP contribution in [0.15, 0.2) is 64.1 Å². The van der Waals surface area contributed by atoms with Crippen molar-refractivity contribution in [1.29, 1.82) is 0 Å². The molecule has 0 saturated heterocycles. The maximum Gasteiger partial charge on any atom is 0.260 e. The zero-order valence-corrected chi connectivity index (χ0v) is 22.8. The van der Waals surface area contributed by atoms with Crippen LogP contribution in [0.4, 0.5) is 5.13 Å². The zero-order valence-electron chi connectivity index (χ0n) is 20.4. The fourth-order valence-electron chi connectivity index (χ4n) is 3.92. The standard InChI is InChI=1S/C26H28ClN3O4S2/c1-4-14-29(15-5-2)36(32,33)21-11-9-19(10-12-21)25(31)30(17-20-7-6-16-34-20)26-28-23-18(3)8-13-22(27)24(23)35-26/h6-13,16H,4-5,14-15,17H2,1-3H3. The summed E-state index contributed by atoms with van der Waals surface area (Å²) in [4.78, 5) is 20.1. The third kappa shape index (κ3) is 5.34. The average molecular weight is 546 g/mol. The van der Waals surface area contributed by atoms with Crippen molar-refractivity contribution in [1.82, 2.24) is 9.29 Å². The number of furan rings is 1. The Morgan fingerprint density at radius 1 is 1.06 bits per heavy atom. The molecular formula is C26H28ClN3O4S2. The lowest BCUT2D eigenvalue weighted by atomic mass is 10.2. The Balaban J connectivity index is 1.69. The van der Waals surface area contributed by atoms with E-state index in [1.807, 2.05) is 32.9 Å². The molecule has 1 amide bonds. The topological polar surface area (TPSA) is 83.7 Å². The summed E-state index contributed by atoms with van der Waals surface area (Å²) < 4.78 is 34.0. The minimum absolute atomic E-state index is 0.168. The molecule has 36 heavy (non-hydrogen) atoms. The summed E-state index contributed by atoms with van der Waals surface area (Å²) >= 11 is 7.74. The highest BCUT2D eigenvalue weighted by atomic mass is 35.5. The number of carbonyl (C=O) groups is 1. The van der Waals surface area contributed by atoms with Gasteiger partial charge < -0.3 is 4.42 Å². The third-order valence-electron chi connectivity index (χ3n) is 5.74. The van der Waals surface area contributed by atoms with Gasteiger partial charge in [0.1, 0.15) is 5.76 Å². The van der Waals surface area contributed by atoms with Crippen molar-refractivity contribution in [2.75, 3.05) is 18.0 Å². The normalized spacial score (nSPS) is 11.9. The number of benzene rings is 2. The number of aryl methyl sites for hydroxylation is 1. The Morgan fingerprint density at radius 3 is 2.33 bits per heavy atom. The largest absolute Gasteiger partial charge is 0.467 e. The van der Waals surface area contributed by atoms with E-state index in [9.17, 15) is 13.2 Å². The van der Waals surface area contributed by atoms with Crippen LogP contribution in [0.2, 0.25) is 5.02 Å². The van der Waals surface area contributed by atoms with E-state index >= 15 is 0 Å². The average Bonchev–Trinajstić information content (AvgIpc) is 3.55. The molecule has 10 heteroatoms. The number of hydrogen-bond acceptors (Lipinski definition) is 6. The van der Waals surface area contributed by atoms with E-state index in [-0.39, 0.29) is 17.3 Å². The van der Waals surface area contributed by atoms with Crippen molar-refractivity contribution in [3.05, 3.63) is 76.7 Å². The zero-order chi connectivity index (χ0) is 25.9. The SMILES string of the molecule is CCCN(CCC)S(=O)(=O)c1ccc(C(=O)N(Cc2ccco2)c2nc3c(C)ccc(Cl)c3s2)cc1. The summed E-state index contributed by atoms with van der Waals surface area (Å²) in [5.41, 5.74) is 2.05. The molecule has 190 valence electrons. The smallest absolute Gasteiger partial charge is 0.260 e. The summed E-state index contributed by atoms with van der Waals surface area (Å²) in [5, 5.41) is 1.05. The van der Waals surface area contributed by atoms with Gasteiger partial charge in [-0.3, -0.25) is 9.69 Å². The molecule has 2 aromatic heterocycles. The number of anilines is 1. The molecule has 0 aliphatic heterocycles. The summed E-state index contributed by atoms with van der Waals surface area (Å²) in [6, 6.07) is 13.3. The molecule has 2 heterocycles. The van der Waals surface area contributed by atoms with Crippen LogP contribution >= 0.6 is 22.9 Å². The Bertz CT molecular complexity index is 1400. The molecule has 0 radical (unpaired) electrons. The number of nitrogens with zero attached hydrogens (tertiary/aromatic N) is 3. The summed E-state index contributed by atoms with van der Waals surface area (Å²) in [7, 11) is -3.64. The van der Waals surface area contributed by atoms with Crippen LogP contribution in [0, 0.1) is 6.92 Å². The van der Waals surface area contributed by atoms with Crippen molar-refractivity contribution in [3.8, 4) is 0 Å². The molecule has 4 rings (SSSR count). The molecular weight excluding hydrogens is 518 g/mol. The second-order valence-corrected chi connectivity index (χ2v) is 11.8. The fraction of sp³-hybridized carbons (Fsp3) is 0.308. The van der Waals surface area contributed by atoms with Crippen molar-refractivity contribution >= 4 is 54.2 Å².